The van der Waals surface area contributed by atoms with E-state index in [2.05, 4.69) is 28.9 Å². The van der Waals surface area contributed by atoms with Gasteiger partial charge in [-0.05, 0) is 46.7 Å². The second-order valence-electron chi connectivity index (χ2n) is 8.12. The standard InChI is InChI=1S/C26H28N2O3S/c1-18(26(30)27-17-19-8-10-21(31-2)11-9-19)16-24(29)28-14-12-23-22(13-15-32-23)25(28)20-6-4-3-5-7-20/h3-11,13,15,18,25H,12,14,16-17H2,1-2H3,(H,27,30). The number of hydrogen-bond donors (Lipinski definition) is 1. The molecule has 1 aliphatic heterocycles. The third kappa shape index (κ3) is 4.86. The molecule has 2 amide bonds. The number of fused-ring (bicyclic) bond motifs is 1. The molecule has 2 aromatic carbocycles. The maximum atomic E-state index is 13.3. The topological polar surface area (TPSA) is 58.6 Å². The molecule has 1 aliphatic rings. The van der Waals surface area contributed by atoms with E-state index < -0.39 is 5.92 Å². The molecule has 0 radical (unpaired) electrons. The van der Waals surface area contributed by atoms with Gasteiger partial charge in [-0.2, -0.15) is 0 Å². The normalized spacial score (nSPS) is 16.2. The van der Waals surface area contributed by atoms with Gasteiger partial charge in [-0.15, -0.1) is 11.3 Å². The molecule has 6 heteroatoms. The fraction of sp³-hybridized carbons (Fsp3) is 0.308. The van der Waals surface area contributed by atoms with Crippen molar-refractivity contribution in [3.8, 4) is 5.75 Å². The van der Waals surface area contributed by atoms with E-state index in [1.165, 1.54) is 10.4 Å². The molecule has 1 aromatic heterocycles. The zero-order chi connectivity index (χ0) is 22.5. The molecule has 166 valence electrons. The van der Waals surface area contributed by atoms with E-state index in [0.29, 0.717) is 13.1 Å². The number of thiophene rings is 1. The Hall–Kier alpha value is -3.12. The molecule has 0 saturated carbocycles. The van der Waals surface area contributed by atoms with Gasteiger partial charge in [0.1, 0.15) is 5.75 Å². The number of methoxy groups -OCH3 is 1. The maximum Gasteiger partial charge on any atom is 0.224 e. The lowest BCUT2D eigenvalue weighted by Crippen LogP contribution is -2.42. The van der Waals surface area contributed by atoms with Gasteiger partial charge in [0.2, 0.25) is 11.8 Å². The fourth-order valence-corrected chi connectivity index (χ4v) is 5.06. The van der Waals surface area contributed by atoms with Gasteiger partial charge in [0, 0.05) is 30.3 Å². The molecular formula is C26H28N2O3S. The summed E-state index contributed by atoms with van der Waals surface area (Å²) in [6.07, 6.45) is 1.05. The van der Waals surface area contributed by atoms with Gasteiger partial charge in [-0.3, -0.25) is 9.59 Å². The van der Waals surface area contributed by atoms with E-state index in [1.54, 1.807) is 18.4 Å². The lowest BCUT2D eigenvalue weighted by atomic mass is 9.92. The third-order valence-corrected chi connectivity index (χ3v) is 6.95. The monoisotopic (exact) mass is 448 g/mol. The lowest BCUT2D eigenvalue weighted by molar-refractivity contribution is -0.137. The van der Waals surface area contributed by atoms with Gasteiger partial charge in [0.05, 0.1) is 13.2 Å². The summed E-state index contributed by atoms with van der Waals surface area (Å²) >= 11 is 1.75. The number of nitrogens with one attached hydrogen (secondary N) is 1. The lowest BCUT2D eigenvalue weighted by Gasteiger charge is -2.37. The Bertz CT molecular complexity index is 1060. The minimum atomic E-state index is -0.402. The van der Waals surface area contributed by atoms with Crippen molar-refractivity contribution < 1.29 is 14.3 Å². The molecule has 0 aliphatic carbocycles. The number of carbonyl (C=O) groups is 2. The largest absolute Gasteiger partial charge is 0.497 e. The van der Waals surface area contributed by atoms with E-state index in [9.17, 15) is 9.59 Å². The first-order chi connectivity index (χ1) is 15.6. The SMILES string of the molecule is COc1ccc(CNC(=O)C(C)CC(=O)N2CCc3sccc3C2c2ccccc2)cc1. The molecule has 0 bridgehead atoms. The minimum Gasteiger partial charge on any atom is -0.497 e. The second kappa shape index (κ2) is 10.0. The first kappa shape index (κ1) is 22.1. The van der Waals surface area contributed by atoms with Crippen LogP contribution in [0, 0.1) is 5.92 Å². The van der Waals surface area contributed by atoms with Crippen molar-refractivity contribution >= 4 is 23.2 Å². The highest BCUT2D eigenvalue weighted by Gasteiger charge is 2.33. The molecule has 4 rings (SSSR count). The highest BCUT2D eigenvalue weighted by atomic mass is 32.1. The Morgan fingerprint density at radius 3 is 2.59 bits per heavy atom. The number of ether oxygens (including phenoxy) is 1. The average molecular weight is 449 g/mol. The smallest absolute Gasteiger partial charge is 0.224 e. The summed E-state index contributed by atoms with van der Waals surface area (Å²) in [6.45, 7) is 2.92. The molecule has 1 N–H and O–H groups in total. The van der Waals surface area contributed by atoms with E-state index in [0.717, 1.165) is 23.3 Å². The highest BCUT2D eigenvalue weighted by Crippen LogP contribution is 2.38. The Labute approximate surface area is 193 Å². The van der Waals surface area contributed by atoms with Crippen LogP contribution in [0.3, 0.4) is 0 Å². The van der Waals surface area contributed by atoms with Crippen molar-refractivity contribution in [1.29, 1.82) is 0 Å². The predicted molar refractivity (Wildman–Crippen MR) is 127 cm³/mol. The van der Waals surface area contributed by atoms with Crippen molar-refractivity contribution in [2.75, 3.05) is 13.7 Å². The van der Waals surface area contributed by atoms with Crippen molar-refractivity contribution in [3.63, 3.8) is 0 Å². The summed E-state index contributed by atoms with van der Waals surface area (Å²) < 4.78 is 5.16. The molecule has 2 heterocycles. The average Bonchev–Trinajstić information content (AvgIpc) is 3.31. The molecule has 32 heavy (non-hydrogen) atoms. The quantitative estimate of drug-likeness (QED) is 0.576. The molecule has 2 unspecified atom stereocenters. The van der Waals surface area contributed by atoms with Crippen LogP contribution in [0.5, 0.6) is 5.75 Å². The molecule has 0 fully saturated rings. The minimum absolute atomic E-state index is 0.0165. The maximum absolute atomic E-state index is 13.3. The Kier molecular flexibility index (Phi) is 6.90. The fourth-order valence-electron chi connectivity index (χ4n) is 4.16. The summed E-state index contributed by atoms with van der Waals surface area (Å²) in [5.74, 6) is 0.282. The second-order valence-corrected chi connectivity index (χ2v) is 9.12. The van der Waals surface area contributed by atoms with Crippen LogP contribution in [0.2, 0.25) is 0 Å². The van der Waals surface area contributed by atoms with Crippen LogP contribution >= 0.6 is 11.3 Å². The van der Waals surface area contributed by atoms with Crippen LogP contribution in [0.4, 0.5) is 0 Å². The van der Waals surface area contributed by atoms with Crippen LogP contribution < -0.4 is 10.1 Å². The van der Waals surface area contributed by atoms with Crippen LogP contribution in [0.15, 0.2) is 66.0 Å². The zero-order valence-corrected chi connectivity index (χ0v) is 19.2. The molecule has 3 aromatic rings. The molecule has 5 nitrogen and oxygen atoms in total. The van der Waals surface area contributed by atoms with E-state index in [1.807, 2.05) is 54.3 Å². The Morgan fingerprint density at radius 2 is 1.88 bits per heavy atom. The van der Waals surface area contributed by atoms with Gasteiger partial charge in [0.25, 0.3) is 0 Å². The van der Waals surface area contributed by atoms with Gasteiger partial charge in [-0.25, -0.2) is 0 Å². The van der Waals surface area contributed by atoms with Crippen LogP contribution in [-0.4, -0.2) is 30.4 Å². The molecule has 0 spiro atoms. The first-order valence-electron chi connectivity index (χ1n) is 10.9. The van der Waals surface area contributed by atoms with Crippen molar-refractivity contribution in [1.82, 2.24) is 10.2 Å². The summed E-state index contributed by atoms with van der Waals surface area (Å²) in [5, 5.41) is 5.05. The number of rotatable bonds is 7. The van der Waals surface area contributed by atoms with Crippen LogP contribution in [-0.2, 0) is 22.6 Å². The zero-order valence-electron chi connectivity index (χ0n) is 18.4. The van der Waals surface area contributed by atoms with Gasteiger partial charge < -0.3 is 15.0 Å². The number of hydrogen-bond acceptors (Lipinski definition) is 4. The van der Waals surface area contributed by atoms with Crippen molar-refractivity contribution in [2.24, 2.45) is 5.92 Å². The summed E-state index contributed by atoms with van der Waals surface area (Å²) in [7, 11) is 1.62. The number of nitrogens with zero attached hydrogens (tertiary/aromatic N) is 1. The number of carbonyl (C=O) groups excluding carboxylic acids is 2. The van der Waals surface area contributed by atoms with Crippen molar-refractivity contribution in [2.45, 2.75) is 32.4 Å². The Balaban J connectivity index is 1.41. The van der Waals surface area contributed by atoms with E-state index in [4.69, 9.17) is 4.74 Å². The van der Waals surface area contributed by atoms with Gasteiger partial charge >= 0.3 is 0 Å². The van der Waals surface area contributed by atoms with Crippen LogP contribution in [0.25, 0.3) is 0 Å². The number of amides is 2. The van der Waals surface area contributed by atoms with E-state index >= 15 is 0 Å². The van der Waals surface area contributed by atoms with Gasteiger partial charge in [-0.1, -0.05) is 49.4 Å². The first-order valence-corrected chi connectivity index (χ1v) is 11.8. The summed E-state index contributed by atoms with van der Waals surface area (Å²) in [6, 6.07) is 19.8. The van der Waals surface area contributed by atoms with Gasteiger partial charge in [0.15, 0.2) is 0 Å². The molecule has 2 atom stereocenters. The predicted octanol–water partition coefficient (Wildman–Crippen LogP) is 4.57. The van der Waals surface area contributed by atoms with Crippen molar-refractivity contribution in [3.05, 3.63) is 87.6 Å². The summed E-state index contributed by atoms with van der Waals surface area (Å²) in [4.78, 5) is 29.3. The van der Waals surface area contributed by atoms with E-state index in [-0.39, 0.29) is 24.3 Å². The third-order valence-electron chi connectivity index (χ3n) is 5.96. The summed E-state index contributed by atoms with van der Waals surface area (Å²) in [5.41, 5.74) is 3.30. The van der Waals surface area contributed by atoms with Crippen LogP contribution in [0.1, 0.15) is 41.0 Å². The molecule has 0 saturated heterocycles. The highest BCUT2D eigenvalue weighted by molar-refractivity contribution is 7.10. The molecular weight excluding hydrogens is 420 g/mol. The Morgan fingerprint density at radius 1 is 1.12 bits per heavy atom. The number of benzene rings is 2.